The number of benzene rings is 1. The van der Waals surface area contributed by atoms with E-state index < -0.39 is 25.1 Å². The molecule has 7 nitrogen and oxygen atoms in total. The number of amides is 2. The van der Waals surface area contributed by atoms with Gasteiger partial charge >= 0.3 is 12.6 Å². The number of rotatable bonds is 8. The van der Waals surface area contributed by atoms with Crippen LogP contribution in [-0.4, -0.2) is 56.5 Å². The van der Waals surface area contributed by atoms with E-state index in [1.807, 2.05) is 0 Å². The van der Waals surface area contributed by atoms with Crippen LogP contribution >= 0.6 is 0 Å². The minimum Gasteiger partial charge on any atom is -0.452 e. The number of alkyl halides is 2. The number of likely N-dealkylation sites (N-methyl/N-ethyl adjacent to an activating group) is 2. The van der Waals surface area contributed by atoms with Crippen molar-refractivity contribution in [1.82, 2.24) is 10.2 Å². The number of hydrogen-bond donors (Lipinski definition) is 1. The molecule has 1 aromatic rings. The molecule has 136 valence electrons. The minimum absolute atomic E-state index is 0.000485. The van der Waals surface area contributed by atoms with Crippen LogP contribution in [0, 0.1) is 0 Å². The summed E-state index contributed by atoms with van der Waals surface area (Å²) in [6.07, 6.45) is 2.49. The topological polar surface area (TPSA) is 84.9 Å². The van der Waals surface area contributed by atoms with E-state index in [9.17, 15) is 23.2 Å². The first-order valence-corrected chi connectivity index (χ1v) is 7.16. The van der Waals surface area contributed by atoms with Gasteiger partial charge in [0.2, 0.25) is 5.91 Å². The van der Waals surface area contributed by atoms with Crippen molar-refractivity contribution in [3.05, 3.63) is 35.9 Å². The van der Waals surface area contributed by atoms with Gasteiger partial charge in [-0.25, -0.2) is 4.79 Å². The molecule has 0 spiro atoms. The van der Waals surface area contributed by atoms with Crippen molar-refractivity contribution in [2.45, 2.75) is 6.61 Å². The van der Waals surface area contributed by atoms with Gasteiger partial charge in [-0.15, -0.1) is 0 Å². The molecule has 0 unspecified atom stereocenters. The molecular formula is C16H18F2N2O5. The molecule has 1 aromatic carbocycles. The highest BCUT2D eigenvalue weighted by Gasteiger charge is 2.13. The smallest absolute Gasteiger partial charge is 0.387 e. The molecule has 2 amide bonds. The number of ether oxygens (including phenoxy) is 2. The Kier molecular flexibility index (Phi) is 8.04. The molecule has 25 heavy (non-hydrogen) atoms. The van der Waals surface area contributed by atoms with Crippen LogP contribution in [0.5, 0.6) is 5.75 Å². The first-order valence-electron chi connectivity index (χ1n) is 7.16. The van der Waals surface area contributed by atoms with Crippen LogP contribution in [0.2, 0.25) is 0 Å². The minimum atomic E-state index is -2.91. The van der Waals surface area contributed by atoms with Gasteiger partial charge in [0, 0.05) is 20.2 Å². The Morgan fingerprint density at radius 2 is 1.88 bits per heavy atom. The molecule has 0 bridgehead atoms. The Labute approximate surface area is 143 Å². The second-order valence-electron chi connectivity index (χ2n) is 4.81. The molecule has 0 aromatic heterocycles. The average Bonchev–Trinajstić information content (AvgIpc) is 2.58. The number of nitrogens with one attached hydrogen (secondary N) is 1. The second-order valence-corrected chi connectivity index (χ2v) is 4.81. The summed E-state index contributed by atoms with van der Waals surface area (Å²) in [6.45, 7) is -3.55. The Hall–Kier alpha value is -2.97. The van der Waals surface area contributed by atoms with Crippen molar-refractivity contribution < 1.29 is 32.6 Å². The number of hydrogen-bond acceptors (Lipinski definition) is 5. The van der Waals surface area contributed by atoms with E-state index in [0.717, 1.165) is 11.0 Å². The molecule has 0 saturated carbocycles. The fourth-order valence-corrected chi connectivity index (χ4v) is 1.60. The van der Waals surface area contributed by atoms with Gasteiger partial charge in [-0.05, 0) is 23.8 Å². The lowest BCUT2D eigenvalue weighted by Crippen LogP contribution is -2.38. The maximum atomic E-state index is 12.0. The molecule has 0 saturated heterocycles. The summed E-state index contributed by atoms with van der Waals surface area (Å²) in [7, 11) is 2.85. The fraction of sp³-hybridized carbons (Fsp3) is 0.312. The van der Waals surface area contributed by atoms with Crippen LogP contribution in [0.1, 0.15) is 5.56 Å². The van der Waals surface area contributed by atoms with E-state index in [4.69, 9.17) is 4.74 Å². The highest BCUT2D eigenvalue weighted by atomic mass is 19.3. The Bertz CT molecular complexity index is 632. The molecule has 9 heteroatoms. The molecular weight excluding hydrogens is 338 g/mol. The van der Waals surface area contributed by atoms with E-state index in [1.165, 1.54) is 44.4 Å². The van der Waals surface area contributed by atoms with Crippen LogP contribution in [0.3, 0.4) is 0 Å². The molecule has 0 atom stereocenters. The molecule has 0 aliphatic heterocycles. The van der Waals surface area contributed by atoms with E-state index in [2.05, 4.69) is 10.1 Å². The van der Waals surface area contributed by atoms with Crippen LogP contribution in [0.4, 0.5) is 8.78 Å². The van der Waals surface area contributed by atoms with Crippen LogP contribution < -0.4 is 10.1 Å². The number of nitrogens with zero attached hydrogens (tertiary/aromatic N) is 1. The third kappa shape index (κ3) is 7.91. The van der Waals surface area contributed by atoms with Gasteiger partial charge in [-0.2, -0.15) is 8.78 Å². The van der Waals surface area contributed by atoms with Crippen LogP contribution in [-0.2, 0) is 19.1 Å². The zero-order valence-corrected chi connectivity index (χ0v) is 13.7. The summed E-state index contributed by atoms with van der Waals surface area (Å²) in [5.41, 5.74) is 0.557. The molecule has 1 N–H and O–H groups in total. The molecule has 0 radical (unpaired) electrons. The molecule has 0 fully saturated rings. The zero-order chi connectivity index (χ0) is 18.8. The normalized spacial score (nSPS) is 10.6. The maximum absolute atomic E-state index is 12.0. The van der Waals surface area contributed by atoms with Crippen molar-refractivity contribution in [2.75, 3.05) is 27.2 Å². The molecule has 0 aliphatic carbocycles. The number of carbonyl (C=O) groups excluding carboxylic acids is 3. The Morgan fingerprint density at radius 1 is 1.24 bits per heavy atom. The lowest BCUT2D eigenvalue weighted by Gasteiger charge is -2.15. The quantitative estimate of drug-likeness (QED) is 0.556. The van der Waals surface area contributed by atoms with Crippen LogP contribution in [0.25, 0.3) is 6.08 Å². The predicted molar refractivity (Wildman–Crippen MR) is 84.8 cm³/mol. The van der Waals surface area contributed by atoms with Gasteiger partial charge in [-0.3, -0.25) is 9.59 Å². The second kappa shape index (κ2) is 10.0. The van der Waals surface area contributed by atoms with Crippen molar-refractivity contribution >= 4 is 23.9 Å². The van der Waals surface area contributed by atoms with Gasteiger partial charge in [0.05, 0.1) is 6.54 Å². The SMILES string of the molecule is CNC(=O)CN(C)C(=O)COC(=O)/C=C/c1ccc(OC(F)F)cc1. The van der Waals surface area contributed by atoms with E-state index in [1.54, 1.807) is 0 Å². The largest absolute Gasteiger partial charge is 0.452 e. The summed E-state index contributed by atoms with van der Waals surface area (Å²) in [5, 5.41) is 2.37. The number of esters is 1. The van der Waals surface area contributed by atoms with Gasteiger partial charge < -0.3 is 19.7 Å². The van der Waals surface area contributed by atoms with E-state index in [-0.39, 0.29) is 18.2 Å². The summed E-state index contributed by atoms with van der Waals surface area (Å²) in [5.74, 6) is -1.63. The predicted octanol–water partition coefficient (Wildman–Crippen LogP) is 1.05. The first-order chi connectivity index (χ1) is 11.8. The van der Waals surface area contributed by atoms with Crippen molar-refractivity contribution in [2.24, 2.45) is 0 Å². The maximum Gasteiger partial charge on any atom is 0.387 e. The van der Waals surface area contributed by atoms with Crippen LogP contribution in [0.15, 0.2) is 30.3 Å². The van der Waals surface area contributed by atoms with Gasteiger partial charge in [0.1, 0.15) is 5.75 Å². The summed E-state index contributed by atoms with van der Waals surface area (Å²) in [6, 6.07) is 5.61. The van der Waals surface area contributed by atoms with Crippen molar-refractivity contribution in [3.63, 3.8) is 0 Å². The molecule has 0 aliphatic rings. The number of halogens is 2. The summed E-state index contributed by atoms with van der Waals surface area (Å²) >= 11 is 0. The number of carbonyl (C=O) groups is 3. The van der Waals surface area contributed by atoms with E-state index >= 15 is 0 Å². The molecule has 0 heterocycles. The van der Waals surface area contributed by atoms with Gasteiger partial charge in [0.15, 0.2) is 6.61 Å². The van der Waals surface area contributed by atoms with E-state index in [0.29, 0.717) is 5.56 Å². The van der Waals surface area contributed by atoms with Crippen molar-refractivity contribution in [1.29, 1.82) is 0 Å². The monoisotopic (exact) mass is 356 g/mol. The highest BCUT2D eigenvalue weighted by Crippen LogP contribution is 2.15. The van der Waals surface area contributed by atoms with Gasteiger partial charge in [-0.1, -0.05) is 12.1 Å². The standard InChI is InChI=1S/C16H18F2N2O5/c1-19-13(21)9-20(2)14(22)10-24-15(23)8-5-11-3-6-12(7-4-11)25-16(17)18/h3-8,16H,9-10H2,1-2H3,(H,19,21)/b8-5+. The molecule has 1 rings (SSSR count). The first kappa shape index (κ1) is 20.1. The summed E-state index contributed by atoms with van der Waals surface area (Å²) < 4.78 is 33.0. The summed E-state index contributed by atoms with van der Waals surface area (Å²) in [4.78, 5) is 35.5. The zero-order valence-electron chi connectivity index (χ0n) is 13.7. The lowest BCUT2D eigenvalue weighted by atomic mass is 10.2. The van der Waals surface area contributed by atoms with Gasteiger partial charge in [0.25, 0.3) is 5.91 Å². The Balaban J connectivity index is 2.44. The lowest BCUT2D eigenvalue weighted by molar-refractivity contribution is -0.148. The third-order valence-corrected chi connectivity index (χ3v) is 2.94. The highest BCUT2D eigenvalue weighted by molar-refractivity contribution is 5.90. The third-order valence-electron chi connectivity index (χ3n) is 2.94. The fourth-order valence-electron chi connectivity index (χ4n) is 1.60. The average molecular weight is 356 g/mol. The Morgan fingerprint density at radius 3 is 2.44 bits per heavy atom. The van der Waals surface area contributed by atoms with Crippen molar-refractivity contribution in [3.8, 4) is 5.75 Å².